The summed E-state index contributed by atoms with van der Waals surface area (Å²) in [6.45, 7) is -0.734. The van der Waals surface area contributed by atoms with Crippen molar-refractivity contribution in [2.24, 2.45) is 0 Å². The maximum absolute atomic E-state index is 13.3. The lowest BCUT2D eigenvalue weighted by atomic mass is 10.2. The molecule has 126 valence electrons. The molecule has 0 bridgehead atoms. The van der Waals surface area contributed by atoms with Gasteiger partial charge in [-0.15, -0.1) is 0 Å². The molecule has 0 saturated heterocycles. The zero-order valence-corrected chi connectivity index (χ0v) is 12.6. The maximum Gasteiger partial charge on any atom is 0.325 e. The summed E-state index contributed by atoms with van der Waals surface area (Å²) in [5, 5.41) is 2.28. The third-order valence-electron chi connectivity index (χ3n) is 2.93. The van der Waals surface area contributed by atoms with E-state index in [1.165, 1.54) is 0 Å². The van der Waals surface area contributed by atoms with E-state index < -0.39 is 30.1 Å². The second-order valence-corrected chi connectivity index (χ2v) is 4.79. The Balaban J connectivity index is 1.68. The largest absolute Gasteiger partial charge is 0.481 e. The molecular weight excluding hydrogens is 320 g/mol. The Morgan fingerprint density at radius 1 is 1.04 bits per heavy atom. The Labute approximate surface area is 137 Å². The first-order valence-electron chi connectivity index (χ1n) is 7.08. The summed E-state index contributed by atoms with van der Waals surface area (Å²) in [5.41, 5.74) is 0.826. The minimum atomic E-state index is -0.912. The van der Waals surface area contributed by atoms with Crippen LogP contribution in [-0.2, 0) is 20.9 Å². The molecule has 2 aromatic rings. The van der Waals surface area contributed by atoms with E-state index in [0.29, 0.717) is 6.07 Å². The van der Waals surface area contributed by atoms with E-state index in [0.717, 1.165) is 17.7 Å². The van der Waals surface area contributed by atoms with Crippen molar-refractivity contribution in [1.82, 2.24) is 5.32 Å². The van der Waals surface area contributed by atoms with Crippen LogP contribution in [0.25, 0.3) is 0 Å². The molecule has 5 nitrogen and oxygen atoms in total. The van der Waals surface area contributed by atoms with Crippen molar-refractivity contribution in [2.75, 3.05) is 13.2 Å². The van der Waals surface area contributed by atoms with Gasteiger partial charge in [0.1, 0.15) is 19.0 Å². The normalized spacial score (nSPS) is 10.1. The first kappa shape index (κ1) is 17.4. The number of nitrogens with one attached hydrogen (secondary N) is 1. The lowest BCUT2D eigenvalue weighted by Gasteiger charge is -2.08. The lowest BCUT2D eigenvalue weighted by molar-refractivity contribution is -0.145. The van der Waals surface area contributed by atoms with Gasteiger partial charge in [-0.05, 0) is 17.7 Å². The minimum Gasteiger partial charge on any atom is -0.481 e. The van der Waals surface area contributed by atoms with Crippen LogP contribution in [0.15, 0.2) is 48.5 Å². The summed E-state index contributed by atoms with van der Waals surface area (Å²) in [6, 6.07) is 11.8. The number of benzene rings is 2. The van der Waals surface area contributed by atoms with Crippen molar-refractivity contribution in [3.63, 3.8) is 0 Å². The van der Waals surface area contributed by atoms with Crippen molar-refractivity contribution in [2.45, 2.75) is 6.61 Å². The zero-order chi connectivity index (χ0) is 17.4. The maximum atomic E-state index is 13.3. The smallest absolute Gasteiger partial charge is 0.325 e. The predicted molar refractivity (Wildman–Crippen MR) is 81.1 cm³/mol. The SMILES string of the molecule is O=C(COc1ccc(F)cc1F)NCC(=O)OCc1ccccc1. The summed E-state index contributed by atoms with van der Waals surface area (Å²) < 4.78 is 35.9. The number of carbonyl (C=O) groups is 2. The second kappa shape index (κ2) is 8.61. The number of esters is 1. The zero-order valence-electron chi connectivity index (χ0n) is 12.6. The second-order valence-electron chi connectivity index (χ2n) is 4.79. The molecule has 0 heterocycles. The minimum absolute atomic E-state index is 0.104. The average molecular weight is 335 g/mol. The van der Waals surface area contributed by atoms with E-state index in [9.17, 15) is 18.4 Å². The Bertz CT molecular complexity index is 707. The van der Waals surface area contributed by atoms with Crippen LogP contribution >= 0.6 is 0 Å². The Hall–Kier alpha value is -2.96. The van der Waals surface area contributed by atoms with Crippen LogP contribution in [0.2, 0.25) is 0 Å². The van der Waals surface area contributed by atoms with Gasteiger partial charge in [0.15, 0.2) is 18.2 Å². The van der Waals surface area contributed by atoms with Gasteiger partial charge in [0, 0.05) is 6.07 Å². The number of hydrogen-bond acceptors (Lipinski definition) is 4. The molecule has 0 aliphatic carbocycles. The van der Waals surface area contributed by atoms with Crippen LogP contribution in [0.3, 0.4) is 0 Å². The lowest BCUT2D eigenvalue weighted by Crippen LogP contribution is -2.34. The highest BCUT2D eigenvalue weighted by atomic mass is 19.1. The van der Waals surface area contributed by atoms with Crippen molar-refractivity contribution >= 4 is 11.9 Å². The summed E-state index contributed by atoms with van der Waals surface area (Å²) in [4.78, 5) is 23.0. The molecule has 0 aromatic heterocycles. The molecule has 0 saturated carbocycles. The van der Waals surface area contributed by atoms with Crippen LogP contribution < -0.4 is 10.1 Å². The van der Waals surface area contributed by atoms with Gasteiger partial charge in [-0.2, -0.15) is 0 Å². The molecule has 2 aromatic carbocycles. The van der Waals surface area contributed by atoms with Crippen LogP contribution in [-0.4, -0.2) is 25.0 Å². The van der Waals surface area contributed by atoms with E-state index in [1.54, 1.807) is 12.1 Å². The van der Waals surface area contributed by atoms with E-state index in [2.05, 4.69) is 5.32 Å². The number of halogens is 2. The molecule has 0 radical (unpaired) electrons. The van der Waals surface area contributed by atoms with Crippen molar-refractivity contribution < 1.29 is 27.8 Å². The first-order chi connectivity index (χ1) is 11.5. The van der Waals surface area contributed by atoms with Crippen molar-refractivity contribution in [1.29, 1.82) is 0 Å². The molecule has 0 unspecified atom stereocenters. The molecule has 1 amide bonds. The molecule has 1 N–H and O–H groups in total. The number of ether oxygens (including phenoxy) is 2. The highest BCUT2D eigenvalue weighted by molar-refractivity contribution is 5.82. The van der Waals surface area contributed by atoms with Gasteiger partial charge in [-0.25, -0.2) is 8.78 Å². The third kappa shape index (κ3) is 5.68. The standard InChI is InChI=1S/C17H15F2NO4/c18-13-6-7-15(14(19)8-13)23-11-16(21)20-9-17(22)24-10-12-4-2-1-3-5-12/h1-8H,9-11H2,(H,20,21). The molecule has 0 aliphatic heterocycles. The fraction of sp³-hybridized carbons (Fsp3) is 0.176. The van der Waals surface area contributed by atoms with Crippen LogP contribution in [0.4, 0.5) is 8.78 Å². The molecule has 0 aliphatic rings. The molecule has 24 heavy (non-hydrogen) atoms. The van der Waals surface area contributed by atoms with Crippen LogP contribution in [0.1, 0.15) is 5.56 Å². The number of carbonyl (C=O) groups excluding carboxylic acids is 2. The molecule has 0 spiro atoms. The summed E-state index contributed by atoms with van der Waals surface area (Å²) in [5.74, 6) is -3.15. The van der Waals surface area contributed by atoms with Gasteiger partial charge in [-0.3, -0.25) is 9.59 Å². The molecular formula is C17H15F2NO4. The Kier molecular flexibility index (Phi) is 6.24. The van der Waals surface area contributed by atoms with Crippen molar-refractivity contribution in [3.8, 4) is 5.75 Å². The fourth-order valence-corrected chi connectivity index (χ4v) is 1.75. The van der Waals surface area contributed by atoms with E-state index in [4.69, 9.17) is 9.47 Å². The number of rotatable bonds is 7. The van der Waals surface area contributed by atoms with E-state index in [1.807, 2.05) is 18.2 Å². The Morgan fingerprint density at radius 2 is 1.79 bits per heavy atom. The van der Waals surface area contributed by atoms with Gasteiger partial charge in [0.05, 0.1) is 0 Å². The number of amides is 1. The van der Waals surface area contributed by atoms with Crippen LogP contribution in [0, 0.1) is 11.6 Å². The van der Waals surface area contributed by atoms with E-state index in [-0.39, 0.29) is 18.9 Å². The van der Waals surface area contributed by atoms with Gasteiger partial charge < -0.3 is 14.8 Å². The van der Waals surface area contributed by atoms with Crippen LogP contribution in [0.5, 0.6) is 5.75 Å². The highest BCUT2D eigenvalue weighted by Gasteiger charge is 2.10. The fourth-order valence-electron chi connectivity index (χ4n) is 1.75. The third-order valence-corrected chi connectivity index (χ3v) is 2.93. The van der Waals surface area contributed by atoms with Gasteiger partial charge in [0.2, 0.25) is 0 Å². The topological polar surface area (TPSA) is 64.6 Å². The molecule has 2 rings (SSSR count). The molecule has 0 fully saturated rings. The van der Waals surface area contributed by atoms with Gasteiger partial charge >= 0.3 is 5.97 Å². The highest BCUT2D eigenvalue weighted by Crippen LogP contribution is 2.17. The first-order valence-corrected chi connectivity index (χ1v) is 7.08. The Morgan fingerprint density at radius 3 is 2.50 bits per heavy atom. The van der Waals surface area contributed by atoms with E-state index >= 15 is 0 Å². The summed E-state index contributed by atoms with van der Waals surface area (Å²) in [7, 11) is 0. The average Bonchev–Trinajstić information content (AvgIpc) is 2.58. The van der Waals surface area contributed by atoms with Crippen molar-refractivity contribution in [3.05, 3.63) is 65.7 Å². The monoisotopic (exact) mass is 335 g/mol. The number of hydrogen-bond donors (Lipinski definition) is 1. The summed E-state index contributed by atoms with van der Waals surface area (Å²) in [6.07, 6.45) is 0. The summed E-state index contributed by atoms with van der Waals surface area (Å²) >= 11 is 0. The van der Waals surface area contributed by atoms with Gasteiger partial charge in [-0.1, -0.05) is 30.3 Å². The predicted octanol–water partition coefficient (Wildman–Crippen LogP) is 2.20. The molecule has 7 heteroatoms. The quantitative estimate of drug-likeness (QED) is 0.788. The molecule has 0 atom stereocenters. The van der Waals surface area contributed by atoms with Gasteiger partial charge in [0.25, 0.3) is 5.91 Å².